The van der Waals surface area contributed by atoms with Crippen LogP contribution in [0.15, 0.2) is 81.0 Å². The Morgan fingerprint density at radius 3 is 2.00 bits per heavy atom. The van der Waals surface area contributed by atoms with Gasteiger partial charge in [-0.1, -0.05) is 63.9 Å². The molecule has 3 aromatic carbocycles. The first-order valence-electron chi connectivity index (χ1n) is 10.2. The maximum absolute atomic E-state index is 14.2. The van der Waals surface area contributed by atoms with Crippen LogP contribution in [0.25, 0.3) is 0 Å². The molecular weight excluding hydrogens is 639 g/mol. The van der Waals surface area contributed by atoms with E-state index in [0.29, 0.717) is 5.56 Å². The fourth-order valence-electron chi connectivity index (χ4n) is 3.33. The molecule has 200 valence electrons. The predicted molar refractivity (Wildman–Crippen MR) is 138 cm³/mol. The third-order valence-electron chi connectivity index (χ3n) is 5.25. The summed E-state index contributed by atoms with van der Waals surface area (Å²) in [6.07, 6.45) is 1.04. The number of nitrogens with zero attached hydrogens (tertiary/aromatic N) is 1. The molecule has 0 spiro atoms. The number of sulfonamides is 1. The molecule has 8 nitrogen and oxygen atoms in total. The summed E-state index contributed by atoms with van der Waals surface area (Å²) < 4.78 is 91.0. The van der Waals surface area contributed by atoms with Gasteiger partial charge in [0.05, 0.1) is 9.92 Å². The quantitative estimate of drug-likeness (QED) is 0.305. The second-order valence-electron chi connectivity index (χ2n) is 8.02. The van der Waals surface area contributed by atoms with Crippen LogP contribution in [0.4, 0.5) is 8.78 Å². The molecule has 2 N–H and O–H groups in total. The molecule has 0 saturated carbocycles. The zero-order valence-corrected chi connectivity index (χ0v) is 23.8. The van der Waals surface area contributed by atoms with Crippen molar-refractivity contribution in [1.29, 1.82) is 0 Å². The van der Waals surface area contributed by atoms with E-state index in [-0.39, 0.29) is 37.9 Å². The van der Waals surface area contributed by atoms with Crippen LogP contribution in [0.1, 0.15) is 16.7 Å². The minimum Gasteiger partial charge on any atom is -0.320 e. The van der Waals surface area contributed by atoms with Crippen molar-refractivity contribution in [2.75, 3.05) is 6.26 Å². The van der Waals surface area contributed by atoms with Gasteiger partial charge in [-0.3, -0.25) is 4.57 Å². The molecular formula is C22H20BrClF2NO7PS2. The second-order valence-corrected chi connectivity index (χ2v) is 14.9. The molecule has 15 heteroatoms. The normalized spacial score (nSPS) is 13.2. The van der Waals surface area contributed by atoms with E-state index in [0.717, 1.165) is 28.8 Å². The van der Waals surface area contributed by atoms with Gasteiger partial charge in [-0.05, 0) is 41.5 Å². The van der Waals surface area contributed by atoms with Crippen LogP contribution in [0.2, 0.25) is 5.02 Å². The van der Waals surface area contributed by atoms with Crippen molar-refractivity contribution in [1.82, 2.24) is 4.31 Å². The van der Waals surface area contributed by atoms with Crippen LogP contribution in [0.3, 0.4) is 0 Å². The predicted octanol–water partition coefficient (Wildman–Crippen LogP) is 5.12. The zero-order chi connectivity index (χ0) is 27.8. The molecule has 0 saturated heterocycles. The fourth-order valence-corrected chi connectivity index (χ4v) is 7.20. The lowest BCUT2D eigenvalue weighted by atomic mass is 10.1. The summed E-state index contributed by atoms with van der Waals surface area (Å²) in [5.41, 5.74) is -4.76. The Bertz CT molecular complexity index is 1580. The SMILES string of the molecule is CS(=O)(=O)c1ccc(CN(Cc2ccc(C(F)(F)P(=O)(O)O)c(Br)c2)S(=O)(=O)c2ccccc2Cl)cc1. The summed E-state index contributed by atoms with van der Waals surface area (Å²) >= 11 is 9.03. The number of hydrogen-bond donors (Lipinski definition) is 2. The summed E-state index contributed by atoms with van der Waals surface area (Å²) in [6.45, 7) is -0.558. The molecule has 0 aliphatic rings. The number of sulfone groups is 1. The Labute approximate surface area is 226 Å². The van der Waals surface area contributed by atoms with E-state index in [2.05, 4.69) is 15.9 Å². The van der Waals surface area contributed by atoms with Gasteiger partial charge in [0.1, 0.15) is 4.90 Å². The van der Waals surface area contributed by atoms with Gasteiger partial charge in [0.15, 0.2) is 9.84 Å². The first kappa shape index (κ1) is 29.9. The lowest BCUT2D eigenvalue weighted by Crippen LogP contribution is -2.30. The largest absolute Gasteiger partial charge is 0.399 e. The molecule has 0 atom stereocenters. The highest BCUT2D eigenvalue weighted by molar-refractivity contribution is 9.10. The van der Waals surface area contributed by atoms with Crippen LogP contribution in [0, 0.1) is 0 Å². The maximum atomic E-state index is 14.2. The lowest BCUT2D eigenvalue weighted by molar-refractivity contribution is 0.0557. The highest BCUT2D eigenvalue weighted by Crippen LogP contribution is 2.60. The average molecular weight is 659 g/mol. The van der Waals surface area contributed by atoms with E-state index in [4.69, 9.17) is 21.4 Å². The summed E-state index contributed by atoms with van der Waals surface area (Å²) in [4.78, 5) is 17.9. The van der Waals surface area contributed by atoms with Crippen LogP contribution in [-0.2, 0) is 43.2 Å². The van der Waals surface area contributed by atoms with Gasteiger partial charge in [-0.25, -0.2) is 16.8 Å². The van der Waals surface area contributed by atoms with Crippen molar-refractivity contribution < 1.29 is 40.0 Å². The molecule has 0 amide bonds. The smallest absolute Gasteiger partial charge is 0.320 e. The lowest BCUT2D eigenvalue weighted by Gasteiger charge is -2.24. The van der Waals surface area contributed by atoms with Crippen LogP contribution < -0.4 is 0 Å². The number of hydrogen-bond acceptors (Lipinski definition) is 5. The summed E-state index contributed by atoms with van der Waals surface area (Å²) in [7, 11) is -13.5. The van der Waals surface area contributed by atoms with Crippen molar-refractivity contribution in [3.8, 4) is 0 Å². The molecule has 0 aliphatic heterocycles. The van der Waals surface area contributed by atoms with Crippen molar-refractivity contribution in [2.24, 2.45) is 0 Å². The Balaban J connectivity index is 2.04. The van der Waals surface area contributed by atoms with Crippen LogP contribution >= 0.6 is 35.1 Å². The molecule has 37 heavy (non-hydrogen) atoms. The Morgan fingerprint density at radius 1 is 0.946 bits per heavy atom. The van der Waals surface area contributed by atoms with E-state index < -0.39 is 38.7 Å². The molecule has 0 unspecified atom stereocenters. The second kappa shape index (κ2) is 10.8. The highest BCUT2D eigenvalue weighted by Gasteiger charge is 2.51. The van der Waals surface area contributed by atoms with Gasteiger partial charge in [-0.15, -0.1) is 0 Å². The molecule has 0 fully saturated rings. The van der Waals surface area contributed by atoms with Crippen LogP contribution in [-0.4, -0.2) is 37.2 Å². The first-order chi connectivity index (χ1) is 16.9. The Morgan fingerprint density at radius 2 is 1.49 bits per heavy atom. The van der Waals surface area contributed by atoms with E-state index in [1.165, 1.54) is 42.5 Å². The molecule has 3 aromatic rings. The van der Waals surface area contributed by atoms with Gasteiger partial charge >= 0.3 is 13.3 Å². The number of alkyl halides is 2. The summed E-state index contributed by atoms with van der Waals surface area (Å²) in [6, 6.07) is 14.4. The first-order valence-corrected chi connectivity index (χ1v) is 16.3. The molecule has 0 aromatic heterocycles. The minimum absolute atomic E-state index is 0.0438. The molecule has 0 aliphatic carbocycles. The van der Waals surface area contributed by atoms with E-state index in [1.54, 1.807) is 6.07 Å². The van der Waals surface area contributed by atoms with Crippen LogP contribution in [0.5, 0.6) is 0 Å². The molecule has 0 radical (unpaired) electrons. The monoisotopic (exact) mass is 657 g/mol. The van der Waals surface area contributed by atoms with Gasteiger partial charge < -0.3 is 9.79 Å². The van der Waals surface area contributed by atoms with E-state index >= 15 is 0 Å². The number of benzene rings is 3. The maximum Gasteiger partial charge on any atom is 0.399 e. The summed E-state index contributed by atoms with van der Waals surface area (Å²) in [5.74, 6) is 0. The molecule has 0 heterocycles. The topological polar surface area (TPSA) is 129 Å². The Hall–Kier alpha value is -1.70. The zero-order valence-electron chi connectivity index (χ0n) is 18.9. The molecule has 3 rings (SSSR count). The number of halogens is 4. The van der Waals surface area contributed by atoms with Gasteiger partial charge in [0.25, 0.3) is 0 Å². The number of rotatable bonds is 9. The Kier molecular flexibility index (Phi) is 8.73. The van der Waals surface area contributed by atoms with Crippen molar-refractivity contribution in [3.63, 3.8) is 0 Å². The third kappa shape index (κ3) is 6.66. The summed E-state index contributed by atoms with van der Waals surface area (Å²) in [5, 5.41) is -0.0438. The standard InChI is InChI=1S/C22H20BrClF2NO7PS2/c1-36(31,32)17-9-6-15(7-10-17)13-27(37(33,34)21-5-3-2-4-20(21)24)14-16-8-11-18(19(23)12-16)22(25,26)35(28,29)30/h2-12H,13-14H2,1H3,(H2,28,29,30). The minimum atomic E-state index is -5.82. The third-order valence-corrected chi connectivity index (χ3v) is 10.3. The van der Waals surface area contributed by atoms with Gasteiger partial charge in [0, 0.05) is 29.4 Å². The molecule has 0 bridgehead atoms. The van der Waals surface area contributed by atoms with Gasteiger partial charge in [-0.2, -0.15) is 13.1 Å². The van der Waals surface area contributed by atoms with Crippen molar-refractivity contribution in [2.45, 2.75) is 28.5 Å². The highest BCUT2D eigenvalue weighted by atomic mass is 79.9. The van der Waals surface area contributed by atoms with Gasteiger partial charge in [0.2, 0.25) is 10.0 Å². The van der Waals surface area contributed by atoms with Crippen molar-refractivity contribution >= 4 is 55.0 Å². The van der Waals surface area contributed by atoms with E-state index in [9.17, 15) is 30.2 Å². The van der Waals surface area contributed by atoms with Crippen molar-refractivity contribution in [3.05, 3.63) is 92.9 Å². The average Bonchev–Trinajstić information content (AvgIpc) is 2.77. The fraction of sp³-hybridized carbons (Fsp3) is 0.182. The van der Waals surface area contributed by atoms with E-state index in [1.807, 2.05) is 0 Å².